The predicted octanol–water partition coefficient (Wildman–Crippen LogP) is 0.644. The summed E-state index contributed by atoms with van der Waals surface area (Å²) in [7, 11) is -1.87. The van der Waals surface area contributed by atoms with Gasteiger partial charge >= 0.3 is 5.97 Å². The lowest BCUT2D eigenvalue weighted by Gasteiger charge is -2.28. The highest BCUT2D eigenvalue weighted by atomic mass is 32.2. The number of sulfone groups is 1. The first-order valence-corrected chi connectivity index (χ1v) is 9.48. The highest BCUT2D eigenvalue weighted by Gasteiger charge is 2.34. The van der Waals surface area contributed by atoms with Gasteiger partial charge in [0.1, 0.15) is 5.75 Å². The van der Waals surface area contributed by atoms with E-state index < -0.39 is 21.8 Å². The predicted molar refractivity (Wildman–Crippen MR) is 87.3 cm³/mol. The molecule has 0 saturated carbocycles. The molecule has 0 N–H and O–H groups in total. The van der Waals surface area contributed by atoms with Gasteiger partial charge in [-0.15, -0.1) is 0 Å². The summed E-state index contributed by atoms with van der Waals surface area (Å²) in [5.74, 6) is -0.259. The topological polar surface area (TPSA) is 90.0 Å². The number of amides is 1. The van der Waals surface area contributed by atoms with Gasteiger partial charge in [0.25, 0.3) is 5.91 Å². The number of carbonyl (C=O) groups is 2. The number of carbonyl (C=O) groups excluding carboxylic acids is 2. The maximum absolute atomic E-state index is 12.5. The Morgan fingerprint density at radius 3 is 2.54 bits per heavy atom. The monoisotopic (exact) mass is 355 g/mol. The summed E-state index contributed by atoms with van der Waals surface area (Å²) < 4.78 is 33.4. The molecule has 1 fully saturated rings. The van der Waals surface area contributed by atoms with Crippen LogP contribution in [0.1, 0.15) is 12.8 Å². The molecule has 8 heteroatoms. The summed E-state index contributed by atoms with van der Waals surface area (Å²) >= 11 is 0. The van der Waals surface area contributed by atoms with Crippen LogP contribution in [0.25, 0.3) is 0 Å². The van der Waals surface area contributed by atoms with E-state index in [1.165, 1.54) is 12.0 Å². The average Bonchev–Trinajstić information content (AvgIpc) is 2.93. The second-order valence-electron chi connectivity index (χ2n) is 5.57. The zero-order valence-electron chi connectivity index (χ0n) is 13.5. The lowest BCUT2D eigenvalue weighted by atomic mass is 10.2. The van der Waals surface area contributed by atoms with Gasteiger partial charge in [-0.25, -0.2) is 8.42 Å². The van der Waals surface area contributed by atoms with Gasteiger partial charge in [0.15, 0.2) is 16.4 Å². The number of esters is 1. The Morgan fingerprint density at radius 1 is 1.25 bits per heavy atom. The van der Waals surface area contributed by atoms with Gasteiger partial charge in [0, 0.05) is 12.6 Å². The Hall–Kier alpha value is -2.09. The minimum atomic E-state index is -3.14. The third-order valence-corrected chi connectivity index (χ3v) is 5.61. The molecule has 0 unspecified atom stereocenters. The first-order chi connectivity index (χ1) is 11.4. The van der Waals surface area contributed by atoms with Crippen LogP contribution in [0.2, 0.25) is 0 Å². The van der Waals surface area contributed by atoms with Gasteiger partial charge in [0.2, 0.25) is 0 Å². The van der Waals surface area contributed by atoms with E-state index >= 15 is 0 Å². The Bertz CT molecular complexity index is 673. The molecule has 0 bridgehead atoms. The van der Waals surface area contributed by atoms with Crippen LogP contribution in [0.4, 0.5) is 0 Å². The van der Waals surface area contributed by atoms with Crippen molar-refractivity contribution >= 4 is 21.7 Å². The zero-order chi connectivity index (χ0) is 17.6. The maximum atomic E-state index is 12.5. The van der Waals surface area contributed by atoms with Gasteiger partial charge in [-0.05, 0) is 18.6 Å². The fourth-order valence-corrected chi connectivity index (χ4v) is 4.32. The van der Waals surface area contributed by atoms with E-state index in [4.69, 9.17) is 4.74 Å². The molecular formula is C16H21NO6S. The highest BCUT2D eigenvalue weighted by molar-refractivity contribution is 7.91. The molecule has 1 amide bonds. The minimum absolute atomic E-state index is 0.0180. The number of hydrogen-bond donors (Lipinski definition) is 0. The van der Waals surface area contributed by atoms with E-state index in [1.807, 2.05) is 6.07 Å². The second kappa shape index (κ2) is 8.14. The molecule has 0 aromatic heterocycles. The van der Waals surface area contributed by atoms with Crippen molar-refractivity contribution in [3.8, 4) is 5.75 Å². The van der Waals surface area contributed by atoms with E-state index in [1.54, 1.807) is 24.3 Å². The summed E-state index contributed by atoms with van der Waals surface area (Å²) in [6.07, 6.45) is 0.394. The number of nitrogens with zero attached hydrogens (tertiary/aromatic N) is 1. The summed E-state index contributed by atoms with van der Waals surface area (Å²) in [6, 6.07) is 8.45. The molecule has 1 aromatic rings. The van der Waals surface area contributed by atoms with Crippen LogP contribution in [0, 0.1) is 0 Å². The minimum Gasteiger partial charge on any atom is -0.484 e. The molecule has 1 atom stereocenters. The SMILES string of the molecule is COC(=O)CCN(C(=O)COc1ccccc1)[C@H]1CCS(=O)(=O)C1. The quantitative estimate of drug-likeness (QED) is 0.667. The third-order valence-electron chi connectivity index (χ3n) is 3.86. The van der Waals surface area contributed by atoms with Crippen molar-refractivity contribution in [2.45, 2.75) is 18.9 Å². The fraction of sp³-hybridized carbons (Fsp3) is 0.500. The molecule has 7 nitrogen and oxygen atoms in total. The van der Waals surface area contributed by atoms with E-state index in [9.17, 15) is 18.0 Å². The molecule has 1 aliphatic heterocycles. The van der Waals surface area contributed by atoms with Gasteiger partial charge in [-0.3, -0.25) is 9.59 Å². The number of methoxy groups -OCH3 is 1. The van der Waals surface area contributed by atoms with Crippen molar-refractivity contribution in [1.29, 1.82) is 0 Å². The summed E-state index contributed by atoms with van der Waals surface area (Å²) in [5, 5.41) is 0. The lowest BCUT2D eigenvalue weighted by molar-refractivity contribution is -0.142. The van der Waals surface area contributed by atoms with Crippen LogP contribution in [0.15, 0.2) is 30.3 Å². The highest BCUT2D eigenvalue weighted by Crippen LogP contribution is 2.19. The van der Waals surface area contributed by atoms with Gasteiger partial charge in [-0.2, -0.15) is 0 Å². The summed E-state index contributed by atoms with van der Waals surface area (Å²) in [4.78, 5) is 25.2. The second-order valence-corrected chi connectivity index (χ2v) is 7.80. The number of ether oxygens (including phenoxy) is 2. The lowest BCUT2D eigenvalue weighted by Crippen LogP contribution is -2.44. The first-order valence-electron chi connectivity index (χ1n) is 7.66. The van der Waals surface area contributed by atoms with E-state index in [-0.39, 0.29) is 37.0 Å². The molecule has 132 valence electrons. The maximum Gasteiger partial charge on any atom is 0.307 e. The van der Waals surface area contributed by atoms with Crippen molar-refractivity contribution in [2.75, 3.05) is 31.8 Å². The van der Waals surface area contributed by atoms with Crippen LogP contribution < -0.4 is 4.74 Å². The molecule has 0 radical (unpaired) electrons. The Balaban J connectivity index is 2.00. The molecule has 0 aliphatic carbocycles. The van der Waals surface area contributed by atoms with Crippen LogP contribution in [-0.4, -0.2) is 63.0 Å². The van der Waals surface area contributed by atoms with Crippen LogP contribution in [0.3, 0.4) is 0 Å². The van der Waals surface area contributed by atoms with E-state index in [0.717, 1.165) is 0 Å². The van der Waals surface area contributed by atoms with Gasteiger partial charge < -0.3 is 14.4 Å². The smallest absolute Gasteiger partial charge is 0.307 e. The summed E-state index contributed by atoms with van der Waals surface area (Å²) in [6.45, 7) is -0.0917. The molecule has 1 saturated heterocycles. The Morgan fingerprint density at radius 2 is 1.96 bits per heavy atom. The van der Waals surface area contributed by atoms with Crippen molar-refractivity contribution in [2.24, 2.45) is 0 Å². The summed E-state index contributed by atoms with van der Waals surface area (Å²) in [5.41, 5.74) is 0. The fourth-order valence-electron chi connectivity index (χ4n) is 2.59. The molecule has 2 rings (SSSR count). The van der Waals surface area contributed by atoms with Crippen LogP contribution in [-0.2, 0) is 24.2 Å². The molecule has 0 spiro atoms. The van der Waals surface area contributed by atoms with Gasteiger partial charge in [0.05, 0.1) is 25.0 Å². The normalized spacial score (nSPS) is 18.8. The van der Waals surface area contributed by atoms with E-state index in [0.29, 0.717) is 12.2 Å². The van der Waals surface area contributed by atoms with Crippen LogP contribution >= 0.6 is 0 Å². The van der Waals surface area contributed by atoms with Crippen molar-refractivity contribution in [3.05, 3.63) is 30.3 Å². The molecule has 24 heavy (non-hydrogen) atoms. The molecular weight excluding hydrogens is 334 g/mol. The van der Waals surface area contributed by atoms with E-state index in [2.05, 4.69) is 4.74 Å². The standard InChI is InChI=1S/C16H21NO6S/c1-22-16(19)7-9-17(13-8-10-24(20,21)12-13)15(18)11-23-14-5-3-2-4-6-14/h2-6,13H,7-12H2,1H3/t13-/m0/s1. The zero-order valence-corrected chi connectivity index (χ0v) is 14.3. The third kappa shape index (κ3) is 5.23. The first kappa shape index (κ1) is 18.3. The van der Waals surface area contributed by atoms with Gasteiger partial charge in [-0.1, -0.05) is 18.2 Å². The Kier molecular flexibility index (Phi) is 6.19. The molecule has 1 aromatic carbocycles. The van der Waals surface area contributed by atoms with Crippen LogP contribution in [0.5, 0.6) is 5.75 Å². The average molecular weight is 355 g/mol. The number of para-hydroxylation sites is 1. The molecule has 1 aliphatic rings. The number of rotatable bonds is 7. The largest absolute Gasteiger partial charge is 0.484 e. The molecule has 1 heterocycles. The van der Waals surface area contributed by atoms with Crippen molar-refractivity contribution in [3.63, 3.8) is 0 Å². The Labute approximate surface area is 141 Å². The number of hydrogen-bond acceptors (Lipinski definition) is 6. The number of benzene rings is 1. The van der Waals surface area contributed by atoms with Crippen molar-refractivity contribution in [1.82, 2.24) is 4.90 Å². The van der Waals surface area contributed by atoms with Crippen molar-refractivity contribution < 1.29 is 27.5 Å².